The highest BCUT2D eigenvalue weighted by Gasteiger charge is 2.16. The lowest BCUT2D eigenvalue weighted by Gasteiger charge is -2.22. The molecule has 176 valence electrons. The van der Waals surface area contributed by atoms with Gasteiger partial charge in [-0.25, -0.2) is 0 Å². The number of nitrogens with one attached hydrogen (secondary N) is 2. The number of hydrogen-bond acceptors (Lipinski definition) is 4. The van der Waals surface area contributed by atoms with E-state index in [1.54, 1.807) is 42.5 Å². The van der Waals surface area contributed by atoms with Crippen molar-refractivity contribution in [3.63, 3.8) is 0 Å². The SMILES string of the molecule is Cc1cc(N2CCCCCS2)ccc1C(=O)Nc1ccc(Cl)c(NC(=O)c2cccc(Cl)c2)c1. The zero-order chi connectivity index (χ0) is 24.1. The van der Waals surface area contributed by atoms with Crippen LogP contribution in [0.5, 0.6) is 0 Å². The summed E-state index contributed by atoms with van der Waals surface area (Å²) in [5, 5.41) is 6.52. The summed E-state index contributed by atoms with van der Waals surface area (Å²) < 4.78 is 2.32. The molecule has 0 radical (unpaired) electrons. The molecule has 0 unspecified atom stereocenters. The van der Waals surface area contributed by atoms with E-state index in [4.69, 9.17) is 23.2 Å². The molecule has 0 bridgehead atoms. The first-order valence-electron chi connectivity index (χ1n) is 11.1. The molecular weight excluding hydrogens is 489 g/mol. The molecule has 1 fully saturated rings. The highest BCUT2D eigenvalue weighted by atomic mass is 35.5. The third-order valence-electron chi connectivity index (χ3n) is 5.55. The van der Waals surface area contributed by atoms with E-state index in [2.05, 4.69) is 21.0 Å². The number of carbonyl (C=O) groups is 2. The number of amides is 2. The summed E-state index contributed by atoms with van der Waals surface area (Å²) in [6, 6.07) is 17.5. The minimum atomic E-state index is -0.342. The van der Waals surface area contributed by atoms with Gasteiger partial charge in [-0.15, -0.1) is 0 Å². The summed E-state index contributed by atoms with van der Waals surface area (Å²) in [5.41, 5.74) is 3.97. The zero-order valence-corrected chi connectivity index (χ0v) is 21.1. The van der Waals surface area contributed by atoms with Crippen LogP contribution in [-0.2, 0) is 0 Å². The molecule has 2 N–H and O–H groups in total. The van der Waals surface area contributed by atoms with E-state index in [0.717, 1.165) is 23.5 Å². The van der Waals surface area contributed by atoms with Crippen molar-refractivity contribution in [3.05, 3.63) is 87.4 Å². The van der Waals surface area contributed by atoms with Crippen LogP contribution in [0.2, 0.25) is 10.0 Å². The Labute approximate surface area is 214 Å². The summed E-state index contributed by atoms with van der Waals surface area (Å²) in [5.74, 6) is 0.557. The molecule has 1 heterocycles. The molecule has 0 aliphatic carbocycles. The lowest BCUT2D eigenvalue weighted by molar-refractivity contribution is 0.101. The van der Waals surface area contributed by atoms with Crippen molar-refractivity contribution < 1.29 is 9.59 Å². The number of halogens is 2. The van der Waals surface area contributed by atoms with Gasteiger partial charge in [-0.1, -0.05) is 35.7 Å². The Morgan fingerprint density at radius 1 is 0.912 bits per heavy atom. The molecule has 1 aliphatic rings. The summed E-state index contributed by atoms with van der Waals surface area (Å²) in [4.78, 5) is 25.6. The van der Waals surface area contributed by atoms with E-state index in [1.165, 1.54) is 19.3 Å². The van der Waals surface area contributed by atoms with Gasteiger partial charge in [-0.2, -0.15) is 0 Å². The van der Waals surface area contributed by atoms with Gasteiger partial charge in [0.25, 0.3) is 11.8 Å². The number of hydrogen-bond donors (Lipinski definition) is 2. The Balaban J connectivity index is 1.47. The fourth-order valence-electron chi connectivity index (χ4n) is 3.76. The highest BCUT2D eigenvalue weighted by molar-refractivity contribution is 8.00. The van der Waals surface area contributed by atoms with Gasteiger partial charge in [-0.3, -0.25) is 9.59 Å². The molecule has 1 saturated heterocycles. The van der Waals surface area contributed by atoms with Gasteiger partial charge < -0.3 is 14.9 Å². The predicted molar refractivity (Wildman–Crippen MR) is 144 cm³/mol. The van der Waals surface area contributed by atoms with Crippen LogP contribution in [-0.4, -0.2) is 24.1 Å². The first kappa shape index (κ1) is 24.5. The number of anilines is 3. The second-order valence-corrected chi connectivity index (χ2v) is 10.1. The van der Waals surface area contributed by atoms with Crippen LogP contribution in [0.4, 0.5) is 17.1 Å². The van der Waals surface area contributed by atoms with Gasteiger partial charge in [0, 0.05) is 39.8 Å². The first-order chi connectivity index (χ1) is 16.4. The van der Waals surface area contributed by atoms with Crippen molar-refractivity contribution in [3.8, 4) is 0 Å². The van der Waals surface area contributed by atoms with E-state index >= 15 is 0 Å². The van der Waals surface area contributed by atoms with Gasteiger partial charge in [0.2, 0.25) is 0 Å². The van der Waals surface area contributed by atoms with E-state index in [9.17, 15) is 9.59 Å². The Kier molecular flexibility index (Phi) is 8.03. The van der Waals surface area contributed by atoms with Crippen molar-refractivity contribution in [1.29, 1.82) is 0 Å². The highest BCUT2D eigenvalue weighted by Crippen LogP contribution is 2.30. The molecule has 0 spiro atoms. The Morgan fingerprint density at radius 3 is 2.56 bits per heavy atom. The molecule has 0 saturated carbocycles. The third-order valence-corrected chi connectivity index (χ3v) is 7.30. The predicted octanol–water partition coefficient (Wildman–Crippen LogP) is 7.44. The van der Waals surface area contributed by atoms with Crippen LogP contribution in [0.3, 0.4) is 0 Å². The number of rotatable bonds is 5. The van der Waals surface area contributed by atoms with E-state index in [0.29, 0.717) is 32.5 Å². The molecule has 8 heteroatoms. The molecule has 0 aromatic heterocycles. The first-order valence-corrected chi connectivity index (χ1v) is 12.8. The van der Waals surface area contributed by atoms with Gasteiger partial charge in [0.05, 0.1) is 10.7 Å². The van der Waals surface area contributed by atoms with Crippen molar-refractivity contribution >= 4 is 64.0 Å². The maximum atomic E-state index is 13.0. The third kappa shape index (κ3) is 6.06. The summed E-state index contributed by atoms with van der Waals surface area (Å²) in [6.45, 7) is 2.96. The quantitative estimate of drug-likeness (QED) is 0.347. The molecule has 1 aliphatic heterocycles. The molecule has 2 amide bonds. The smallest absolute Gasteiger partial charge is 0.255 e. The second kappa shape index (κ2) is 11.2. The standard InChI is InChI=1S/C26H25Cl2N3O2S/c1-17-14-21(31-12-3-2-4-13-34-31)9-10-22(17)26(33)29-20-8-11-23(28)24(16-20)30-25(32)18-6-5-7-19(27)15-18/h5-11,14-16H,2-4,12-13H2,1H3,(H,29,33)(H,30,32). The van der Waals surface area contributed by atoms with Crippen molar-refractivity contribution in [2.75, 3.05) is 27.2 Å². The molecule has 3 aromatic carbocycles. The number of nitrogens with zero attached hydrogens (tertiary/aromatic N) is 1. The fraction of sp³-hybridized carbons (Fsp3) is 0.231. The van der Waals surface area contributed by atoms with Crippen molar-refractivity contribution in [2.24, 2.45) is 0 Å². The lowest BCUT2D eigenvalue weighted by Crippen LogP contribution is -2.17. The number of benzene rings is 3. The minimum absolute atomic E-state index is 0.220. The lowest BCUT2D eigenvalue weighted by atomic mass is 10.1. The van der Waals surface area contributed by atoms with Crippen LogP contribution in [0.25, 0.3) is 0 Å². The van der Waals surface area contributed by atoms with E-state index < -0.39 is 0 Å². The van der Waals surface area contributed by atoms with Gasteiger partial charge in [-0.05, 0) is 91.9 Å². The molecule has 4 rings (SSSR count). The Hall–Kier alpha value is -2.67. The van der Waals surface area contributed by atoms with Crippen molar-refractivity contribution in [2.45, 2.75) is 26.2 Å². The molecule has 5 nitrogen and oxygen atoms in total. The number of carbonyl (C=O) groups excluding carboxylic acids is 2. The summed E-state index contributed by atoms with van der Waals surface area (Å²) in [6.07, 6.45) is 3.68. The fourth-order valence-corrected chi connectivity index (χ4v) is 5.19. The van der Waals surface area contributed by atoms with E-state index in [1.807, 2.05) is 31.0 Å². The van der Waals surface area contributed by atoms with Crippen LogP contribution < -0.4 is 14.9 Å². The van der Waals surface area contributed by atoms with Crippen LogP contribution in [0.15, 0.2) is 60.7 Å². The second-order valence-electron chi connectivity index (χ2n) is 8.11. The molecule has 34 heavy (non-hydrogen) atoms. The Morgan fingerprint density at radius 2 is 1.76 bits per heavy atom. The van der Waals surface area contributed by atoms with Crippen LogP contribution in [0.1, 0.15) is 45.5 Å². The average molecular weight is 514 g/mol. The van der Waals surface area contributed by atoms with Crippen molar-refractivity contribution in [1.82, 2.24) is 0 Å². The zero-order valence-electron chi connectivity index (χ0n) is 18.7. The monoisotopic (exact) mass is 513 g/mol. The topological polar surface area (TPSA) is 61.4 Å². The largest absolute Gasteiger partial charge is 0.322 e. The van der Waals surface area contributed by atoms with E-state index in [-0.39, 0.29) is 11.8 Å². The molecule has 0 atom stereocenters. The van der Waals surface area contributed by atoms with Gasteiger partial charge in [0.15, 0.2) is 0 Å². The molecule has 3 aromatic rings. The summed E-state index contributed by atoms with van der Waals surface area (Å²) >= 11 is 14.1. The normalized spacial score (nSPS) is 13.8. The maximum Gasteiger partial charge on any atom is 0.255 e. The van der Waals surface area contributed by atoms with Crippen LogP contribution >= 0.6 is 35.1 Å². The minimum Gasteiger partial charge on any atom is -0.322 e. The number of aryl methyl sites for hydroxylation is 1. The average Bonchev–Trinajstić information content (AvgIpc) is 3.11. The van der Waals surface area contributed by atoms with Crippen LogP contribution in [0, 0.1) is 6.92 Å². The maximum absolute atomic E-state index is 13.0. The van der Waals surface area contributed by atoms with Gasteiger partial charge >= 0.3 is 0 Å². The van der Waals surface area contributed by atoms with Gasteiger partial charge in [0.1, 0.15) is 0 Å². The Bertz CT molecular complexity index is 1210. The molecular formula is C26H25Cl2N3O2S. The summed E-state index contributed by atoms with van der Waals surface area (Å²) in [7, 11) is 0.